The Morgan fingerprint density at radius 1 is 1.33 bits per heavy atom. The molecule has 0 radical (unpaired) electrons. The van der Waals surface area contributed by atoms with Gasteiger partial charge >= 0.3 is 0 Å². The van der Waals surface area contributed by atoms with Crippen molar-refractivity contribution in [1.29, 1.82) is 0 Å². The maximum Gasteiger partial charge on any atom is 0.144 e. The van der Waals surface area contributed by atoms with Crippen molar-refractivity contribution in [3.8, 4) is 0 Å². The number of furan rings is 1. The molecule has 0 spiro atoms. The molecule has 0 aliphatic heterocycles. The molecule has 0 saturated carbocycles. The van der Waals surface area contributed by atoms with Crippen molar-refractivity contribution < 1.29 is 4.42 Å². The third-order valence-corrected chi connectivity index (χ3v) is 2.75. The fourth-order valence-corrected chi connectivity index (χ4v) is 1.71. The highest BCUT2D eigenvalue weighted by atomic mass is 16.3. The van der Waals surface area contributed by atoms with Crippen LogP contribution < -0.4 is 10.6 Å². The van der Waals surface area contributed by atoms with Crippen LogP contribution in [0.3, 0.4) is 0 Å². The highest BCUT2D eigenvalue weighted by Crippen LogP contribution is 2.11. The van der Waals surface area contributed by atoms with Gasteiger partial charge in [-0.2, -0.15) is 0 Å². The molecule has 2 aromatic rings. The molecule has 0 unspecified atom stereocenters. The Bertz CT molecular complexity index is 509. The molecule has 0 aliphatic carbocycles. The summed E-state index contributed by atoms with van der Waals surface area (Å²) in [5.41, 5.74) is 5.53. The van der Waals surface area contributed by atoms with E-state index in [9.17, 15) is 0 Å². The molecule has 0 saturated heterocycles. The molecule has 2 heterocycles. The second-order valence-corrected chi connectivity index (χ2v) is 4.22. The lowest BCUT2D eigenvalue weighted by Gasteiger charge is -2.17. The van der Waals surface area contributed by atoms with Crippen molar-refractivity contribution in [1.82, 2.24) is 9.97 Å². The van der Waals surface area contributed by atoms with Crippen LogP contribution in [0.2, 0.25) is 0 Å². The van der Waals surface area contributed by atoms with E-state index in [0.717, 1.165) is 30.3 Å². The monoisotopic (exact) mass is 246 g/mol. The quantitative estimate of drug-likeness (QED) is 0.866. The molecule has 5 nitrogen and oxygen atoms in total. The first-order valence-corrected chi connectivity index (χ1v) is 5.97. The minimum atomic E-state index is 0.360. The van der Waals surface area contributed by atoms with E-state index in [1.807, 2.05) is 32.2 Å². The van der Waals surface area contributed by atoms with Crippen molar-refractivity contribution in [3.05, 3.63) is 41.7 Å². The van der Waals surface area contributed by atoms with Crippen LogP contribution in [0.15, 0.2) is 28.8 Å². The molecule has 0 aliphatic rings. The van der Waals surface area contributed by atoms with Gasteiger partial charge in [0.05, 0.1) is 6.54 Å². The molecule has 0 amide bonds. The van der Waals surface area contributed by atoms with Gasteiger partial charge in [-0.3, -0.25) is 0 Å². The van der Waals surface area contributed by atoms with Gasteiger partial charge in [0.15, 0.2) is 0 Å². The number of hydrogen-bond acceptors (Lipinski definition) is 5. The third-order valence-electron chi connectivity index (χ3n) is 2.75. The number of nitrogens with two attached hydrogens (primary N) is 1. The maximum absolute atomic E-state index is 5.54. The standard InChI is InChI=1S/C13H18N4O/c1-10-3-4-11(18-10)6-8-17(2)13-5-7-15-12(9-14)16-13/h3-5,7H,6,8-9,14H2,1-2H3. The first-order chi connectivity index (χ1) is 8.69. The summed E-state index contributed by atoms with van der Waals surface area (Å²) in [6, 6.07) is 5.87. The molecular formula is C13H18N4O. The molecule has 96 valence electrons. The van der Waals surface area contributed by atoms with E-state index < -0.39 is 0 Å². The van der Waals surface area contributed by atoms with E-state index in [2.05, 4.69) is 14.9 Å². The zero-order chi connectivity index (χ0) is 13.0. The number of rotatable bonds is 5. The second kappa shape index (κ2) is 5.64. The Hall–Kier alpha value is -1.88. The van der Waals surface area contributed by atoms with E-state index in [-0.39, 0.29) is 0 Å². The van der Waals surface area contributed by atoms with E-state index in [4.69, 9.17) is 10.2 Å². The summed E-state index contributed by atoms with van der Waals surface area (Å²) in [5, 5.41) is 0. The number of hydrogen-bond donors (Lipinski definition) is 1. The molecular weight excluding hydrogens is 228 g/mol. The van der Waals surface area contributed by atoms with Gasteiger partial charge in [-0.1, -0.05) is 0 Å². The summed E-state index contributed by atoms with van der Waals surface area (Å²) in [6.07, 6.45) is 2.59. The normalized spacial score (nSPS) is 10.6. The van der Waals surface area contributed by atoms with Crippen molar-refractivity contribution in [2.24, 2.45) is 5.73 Å². The molecule has 0 fully saturated rings. The Morgan fingerprint density at radius 3 is 2.83 bits per heavy atom. The van der Waals surface area contributed by atoms with Crippen LogP contribution in [0.1, 0.15) is 17.3 Å². The van der Waals surface area contributed by atoms with E-state index in [1.54, 1.807) is 6.20 Å². The number of likely N-dealkylation sites (N-methyl/N-ethyl adjacent to an activating group) is 1. The number of aryl methyl sites for hydroxylation is 1. The molecule has 0 aromatic carbocycles. The molecule has 2 rings (SSSR count). The summed E-state index contributed by atoms with van der Waals surface area (Å²) in [6.45, 7) is 3.15. The van der Waals surface area contributed by atoms with Gasteiger partial charge < -0.3 is 15.1 Å². The topological polar surface area (TPSA) is 68.2 Å². The average Bonchev–Trinajstić information content (AvgIpc) is 2.82. The van der Waals surface area contributed by atoms with E-state index >= 15 is 0 Å². The van der Waals surface area contributed by atoms with Gasteiger partial charge in [0.1, 0.15) is 23.2 Å². The summed E-state index contributed by atoms with van der Waals surface area (Å²) in [5.74, 6) is 3.48. The van der Waals surface area contributed by atoms with Crippen LogP contribution in [0.4, 0.5) is 5.82 Å². The molecule has 0 atom stereocenters. The van der Waals surface area contributed by atoms with E-state index in [1.165, 1.54) is 0 Å². The molecule has 0 bridgehead atoms. The van der Waals surface area contributed by atoms with E-state index in [0.29, 0.717) is 12.4 Å². The van der Waals surface area contributed by atoms with Crippen LogP contribution in [-0.4, -0.2) is 23.6 Å². The Kier molecular flexibility index (Phi) is 3.94. The average molecular weight is 246 g/mol. The fourth-order valence-electron chi connectivity index (χ4n) is 1.71. The largest absolute Gasteiger partial charge is 0.466 e. The van der Waals surface area contributed by atoms with Crippen LogP contribution in [0.25, 0.3) is 0 Å². The number of anilines is 1. The summed E-state index contributed by atoms with van der Waals surface area (Å²) < 4.78 is 5.54. The second-order valence-electron chi connectivity index (χ2n) is 4.22. The zero-order valence-corrected chi connectivity index (χ0v) is 10.8. The van der Waals surface area contributed by atoms with Gasteiger partial charge in [-0.05, 0) is 25.1 Å². The first kappa shape index (κ1) is 12.6. The summed E-state index contributed by atoms with van der Waals surface area (Å²) in [7, 11) is 2.00. The van der Waals surface area contributed by atoms with Crippen molar-refractivity contribution in [3.63, 3.8) is 0 Å². The Labute approximate surface area is 107 Å². The lowest BCUT2D eigenvalue weighted by molar-refractivity contribution is 0.483. The van der Waals surface area contributed by atoms with Crippen LogP contribution in [0.5, 0.6) is 0 Å². The van der Waals surface area contributed by atoms with Crippen molar-refractivity contribution in [2.75, 3.05) is 18.5 Å². The van der Waals surface area contributed by atoms with Crippen LogP contribution in [-0.2, 0) is 13.0 Å². The maximum atomic E-state index is 5.54. The van der Waals surface area contributed by atoms with Gasteiger partial charge in [-0.15, -0.1) is 0 Å². The third kappa shape index (κ3) is 3.07. The Morgan fingerprint density at radius 2 is 2.17 bits per heavy atom. The van der Waals surface area contributed by atoms with Gasteiger partial charge in [0, 0.05) is 26.2 Å². The molecule has 2 N–H and O–H groups in total. The predicted molar refractivity (Wildman–Crippen MR) is 70.3 cm³/mol. The minimum Gasteiger partial charge on any atom is -0.466 e. The summed E-state index contributed by atoms with van der Waals surface area (Å²) in [4.78, 5) is 10.5. The predicted octanol–water partition coefficient (Wildman–Crippen LogP) is 1.52. The van der Waals surface area contributed by atoms with Crippen LogP contribution >= 0.6 is 0 Å². The SMILES string of the molecule is Cc1ccc(CCN(C)c2ccnc(CN)n2)o1. The lowest BCUT2D eigenvalue weighted by atomic mass is 10.3. The zero-order valence-electron chi connectivity index (χ0n) is 10.8. The summed E-state index contributed by atoms with van der Waals surface area (Å²) >= 11 is 0. The van der Waals surface area contributed by atoms with Crippen LogP contribution in [0, 0.1) is 6.92 Å². The highest BCUT2D eigenvalue weighted by molar-refractivity contribution is 5.36. The lowest BCUT2D eigenvalue weighted by Crippen LogP contribution is -2.22. The van der Waals surface area contributed by atoms with Gasteiger partial charge in [-0.25, -0.2) is 9.97 Å². The molecule has 18 heavy (non-hydrogen) atoms. The van der Waals surface area contributed by atoms with Crippen molar-refractivity contribution in [2.45, 2.75) is 19.9 Å². The Balaban J connectivity index is 1.96. The van der Waals surface area contributed by atoms with Gasteiger partial charge in [0.2, 0.25) is 0 Å². The smallest absolute Gasteiger partial charge is 0.144 e. The number of nitrogens with zero attached hydrogens (tertiary/aromatic N) is 3. The fraction of sp³-hybridized carbons (Fsp3) is 0.385. The molecule has 2 aromatic heterocycles. The number of aromatic nitrogens is 2. The highest BCUT2D eigenvalue weighted by Gasteiger charge is 2.05. The van der Waals surface area contributed by atoms with Gasteiger partial charge in [0.25, 0.3) is 0 Å². The minimum absolute atomic E-state index is 0.360. The molecule has 5 heteroatoms. The first-order valence-electron chi connectivity index (χ1n) is 5.97. The van der Waals surface area contributed by atoms with Crippen molar-refractivity contribution >= 4 is 5.82 Å².